The summed E-state index contributed by atoms with van der Waals surface area (Å²) in [6, 6.07) is 9.47. The van der Waals surface area contributed by atoms with E-state index in [4.69, 9.17) is 0 Å². The van der Waals surface area contributed by atoms with Gasteiger partial charge in [-0.3, -0.25) is 9.59 Å². The number of anilines is 1. The van der Waals surface area contributed by atoms with Gasteiger partial charge in [-0.2, -0.15) is 0 Å². The van der Waals surface area contributed by atoms with Crippen LogP contribution in [0.5, 0.6) is 0 Å². The van der Waals surface area contributed by atoms with Crippen molar-refractivity contribution in [3.8, 4) is 0 Å². The van der Waals surface area contributed by atoms with Crippen LogP contribution in [0.15, 0.2) is 30.3 Å². The molecule has 2 aliphatic rings. The van der Waals surface area contributed by atoms with Crippen molar-refractivity contribution < 1.29 is 14.9 Å². The smallest absolute Gasteiger partial charge is 0.292 e. The van der Waals surface area contributed by atoms with E-state index >= 15 is 0 Å². The molecule has 2 fully saturated rings. The number of carbonyl (C=O) groups excluding carboxylic acids is 2. The number of imide groups is 1. The predicted molar refractivity (Wildman–Crippen MR) is 85.2 cm³/mol. The Balaban J connectivity index is 1.72. The number of nitrogens with two attached hydrogens (primary N) is 1. The van der Waals surface area contributed by atoms with E-state index in [1.165, 1.54) is 17.7 Å². The summed E-state index contributed by atoms with van der Waals surface area (Å²) in [5, 5.41) is 2.17. The SMILES string of the molecule is C[C@@H]1[C@H](C)CCC[C@@H]1[NH2+][C@@H]1CC(=O)N(c2ccccc2)C1=O. The van der Waals surface area contributed by atoms with Crippen LogP contribution in [0, 0.1) is 11.8 Å². The Morgan fingerprint density at radius 3 is 2.55 bits per heavy atom. The number of quaternary nitrogens is 1. The zero-order valence-corrected chi connectivity index (χ0v) is 13.4. The topological polar surface area (TPSA) is 54.0 Å². The van der Waals surface area contributed by atoms with Gasteiger partial charge in [-0.25, -0.2) is 4.90 Å². The average molecular weight is 301 g/mol. The Labute approximate surface area is 131 Å². The van der Waals surface area contributed by atoms with Crippen molar-refractivity contribution in [2.45, 2.75) is 51.6 Å². The molecule has 1 aromatic carbocycles. The summed E-state index contributed by atoms with van der Waals surface area (Å²) in [5.41, 5.74) is 0.693. The summed E-state index contributed by atoms with van der Waals surface area (Å²) >= 11 is 0. The number of rotatable bonds is 3. The highest BCUT2D eigenvalue weighted by molar-refractivity contribution is 6.21. The van der Waals surface area contributed by atoms with Gasteiger partial charge in [-0.05, 0) is 37.3 Å². The molecule has 0 radical (unpaired) electrons. The summed E-state index contributed by atoms with van der Waals surface area (Å²) in [6.45, 7) is 4.57. The highest BCUT2D eigenvalue weighted by atomic mass is 16.2. The molecule has 4 heteroatoms. The average Bonchev–Trinajstić information content (AvgIpc) is 2.79. The van der Waals surface area contributed by atoms with Gasteiger partial charge in [0.1, 0.15) is 0 Å². The molecule has 0 spiro atoms. The molecule has 0 aromatic heterocycles. The molecule has 1 aliphatic carbocycles. The zero-order valence-electron chi connectivity index (χ0n) is 13.4. The first-order valence-electron chi connectivity index (χ1n) is 8.34. The standard InChI is InChI=1S/C18H24N2O2/c1-12-7-6-10-15(13(12)2)19-16-11-17(21)20(18(16)22)14-8-4-3-5-9-14/h3-5,8-9,12-13,15-16,19H,6-7,10-11H2,1-2H3/p+1/t12-,13-,15+,16-/m1/s1. The number of nitrogens with zero attached hydrogens (tertiary/aromatic N) is 1. The normalized spacial score (nSPS) is 32.5. The van der Waals surface area contributed by atoms with Crippen LogP contribution in [0.1, 0.15) is 39.5 Å². The molecule has 1 saturated carbocycles. The molecule has 118 valence electrons. The Morgan fingerprint density at radius 2 is 1.82 bits per heavy atom. The number of carbonyl (C=O) groups is 2. The molecule has 1 aliphatic heterocycles. The lowest BCUT2D eigenvalue weighted by molar-refractivity contribution is -0.716. The lowest BCUT2D eigenvalue weighted by atomic mass is 9.78. The molecule has 4 atom stereocenters. The van der Waals surface area contributed by atoms with E-state index in [0.29, 0.717) is 30.0 Å². The molecule has 0 unspecified atom stereocenters. The molecule has 1 heterocycles. The first-order chi connectivity index (χ1) is 10.6. The van der Waals surface area contributed by atoms with Crippen LogP contribution in [0.3, 0.4) is 0 Å². The van der Waals surface area contributed by atoms with Crippen molar-refractivity contribution >= 4 is 17.5 Å². The minimum absolute atomic E-state index is 0.0540. The van der Waals surface area contributed by atoms with Crippen molar-refractivity contribution in [3.05, 3.63) is 30.3 Å². The van der Waals surface area contributed by atoms with Crippen molar-refractivity contribution in [2.24, 2.45) is 11.8 Å². The Hall–Kier alpha value is -1.68. The van der Waals surface area contributed by atoms with Crippen LogP contribution in [0.4, 0.5) is 5.69 Å². The third kappa shape index (κ3) is 2.80. The van der Waals surface area contributed by atoms with E-state index in [-0.39, 0.29) is 17.9 Å². The van der Waals surface area contributed by atoms with Gasteiger partial charge in [0.15, 0.2) is 6.04 Å². The minimum atomic E-state index is -0.245. The Kier molecular flexibility index (Phi) is 4.30. The van der Waals surface area contributed by atoms with E-state index in [0.717, 1.165) is 6.42 Å². The summed E-state index contributed by atoms with van der Waals surface area (Å²) in [6.07, 6.45) is 3.98. The van der Waals surface area contributed by atoms with Gasteiger partial charge in [0.25, 0.3) is 5.91 Å². The van der Waals surface area contributed by atoms with Crippen molar-refractivity contribution in [3.63, 3.8) is 0 Å². The second-order valence-electron chi connectivity index (χ2n) is 6.84. The van der Waals surface area contributed by atoms with E-state index in [2.05, 4.69) is 19.2 Å². The summed E-state index contributed by atoms with van der Waals surface area (Å²) in [5.74, 6) is 1.17. The van der Waals surface area contributed by atoms with Gasteiger partial charge < -0.3 is 5.32 Å². The zero-order chi connectivity index (χ0) is 15.7. The number of hydrogen-bond acceptors (Lipinski definition) is 2. The summed E-state index contributed by atoms with van der Waals surface area (Å²) < 4.78 is 0. The lowest BCUT2D eigenvalue weighted by Crippen LogP contribution is -2.97. The maximum Gasteiger partial charge on any atom is 0.292 e. The molecule has 2 amide bonds. The number of benzene rings is 1. The van der Waals surface area contributed by atoms with Crippen LogP contribution in [-0.4, -0.2) is 23.9 Å². The molecule has 4 nitrogen and oxygen atoms in total. The third-order valence-electron chi connectivity index (χ3n) is 5.45. The maximum atomic E-state index is 12.7. The number of hydrogen-bond donors (Lipinski definition) is 1. The Bertz CT molecular complexity index is 557. The van der Waals surface area contributed by atoms with Crippen LogP contribution in [-0.2, 0) is 9.59 Å². The van der Waals surface area contributed by atoms with Gasteiger partial charge in [0.05, 0.1) is 18.2 Å². The third-order valence-corrected chi connectivity index (χ3v) is 5.45. The minimum Gasteiger partial charge on any atom is -0.333 e. The molecule has 0 bridgehead atoms. The van der Waals surface area contributed by atoms with Crippen LogP contribution >= 0.6 is 0 Å². The first kappa shape index (κ1) is 15.2. The van der Waals surface area contributed by atoms with Gasteiger partial charge in [0.2, 0.25) is 5.91 Å². The summed E-state index contributed by atoms with van der Waals surface area (Å²) in [7, 11) is 0. The van der Waals surface area contributed by atoms with Crippen LogP contribution in [0.2, 0.25) is 0 Å². The van der Waals surface area contributed by atoms with E-state index in [9.17, 15) is 9.59 Å². The largest absolute Gasteiger partial charge is 0.333 e. The summed E-state index contributed by atoms with van der Waals surface area (Å²) in [4.78, 5) is 26.3. The fraction of sp³-hybridized carbons (Fsp3) is 0.556. The van der Waals surface area contributed by atoms with Gasteiger partial charge >= 0.3 is 0 Å². The van der Waals surface area contributed by atoms with Crippen LogP contribution < -0.4 is 10.2 Å². The molecule has 3 rings (SSSR count). The lowest BCUT2D eigenvalue weighted by Gasteiger charge is -2.33. The second kappa shape index (κ2) is 6.21. The molecular weight excluding hydrogens is 276 g/mol. The molecule has 2 N–H and O–H groups in total. The molecule has 1 saturated heterocycles. The molecular formula is C18H25N2O2+. The molecule has 22 heavy (non-hydrogen) atoms. The predicted octanol–water partition coefficient (Wildman–Crippen LogP) is 1.71. The van der Waals surface area contributed by atoms with E-state index in [1.807, 2.05) is 30.3 Å². The van der Waals surface area contributed by atoms with Crippen molar-refractivity contribution in [1.29, 1.82) is 0 Å². The van der Waals surface area contributed by atoms with Gasteiger partial charge in [-0.1, -0.05) is 32.0 Å². The maximum absolute atomic E-state index is 12.7. The van der Waals surface area contributed by atoms with Crippen LogP contribution in [0.25, 0.3) is 0 Å². The highest BCUT2D eigenvalue weighted by Crippen LogP contribution is 2.28. The van der Waals surface area contributed by atoms with Crippen molar-refractivity contribution in [2.75, 3.05) is 4.90 Å². The van der Waals surface area contributed by atoms with E-state index in [1.54, 1.807) is 0 Å². The number of para-hydroxylation sites is 1. The first-order valence-corrected chi connectivity index (χ1v) is 8.34. The number of amides is 2. The van der Waals surface area contributed by atoms with E-state index < -0.39 is 0 Å². The fourth-order valence-electron chi connectivity index (χ4n) is 3.85. The Morgan fingerprint density at radius 1 is 1.09 bits per heavy atom. The fourth-order valence-corrected chi connectivity index (χ4v) is 3.85. The highest BCUT2D eigenvalue weighted by Gasteiger charge is 2.44. The van der Waals surface area contributed by atoms with Crippen molar-refractivity contribution in [1.82, 2.24) is 0 Å². The molecule has 1 aromatic rings. The monoisotopic (exact) mass is 301 g/mol. The van der Waals surface area contributed by atoms with Gasteiger partial charge in [-0.15, -0.1) is 0 Å². The van der Waals surface area contributed by atoms with Gasteiger partial charge in [0, 0.05) is 5.92 Å². The quantitative estimate of drug-likeness (QED) is 0.864. The second-order valence-corrected chi connectivity index (χ2v) is 6.84.